The normalized spacial score (nSPS) is 18.5. The number of hydrogen-bond acceptors (Lipinski definition) is 3. The third-order valence-electron chi connectivity index (χ3n) is 6.59. The van der Waals surface area contributed by atoms with Gasteiger partial charge in [-0.1, -0.05) is 74.7 Å². The minimum atomic E-state index is -3.09. The fourth-order valence-electron chi connectivity index (χ4n) is 4.61. The van der Waals surface area contributed by atoms with E-state index in [9.17, 15) is 9.36 Å². The van der Waals surface area contributed by atoms with Gasteiger partial charge in [0.15, 0.2) is 0 Å². The molecule has 3 atom stereocenters. The Bertz CT molecular complexity index is 1060. The molecule has 33 heavy (non-hydrogen) atoms. The second-order valence-corrected chi connectivity index (χ2v) is 11.3. The summed E-state index contributed by atoms with van der Waals surface area (Å²) in [7, 11) is -1.70. The maximum absolute atomic E-state index is 14.7. The number of nitrogens with one attached hydrogen (secondary N) is 1. The van der Waals surface area contributed by atoms with E-state index >= 15 is 0 Å². The Morgan fingerprint density at radius 2 is 1.55 bits per heavy atom. The van der Waals surface area contributed by atoms with Gasteiger partial charge in [0.2, 0.25) is 7.29 Å². The number of esters is 1. The SMILES string of the molecule is CCCC[C@@H]1C[C@H]1[C@@H](NP(=O)(c1ccccc1)c1ccccc1)c1ccc(C(=O)OC)cc1. The first kappa shape index (κ1) is 23.5. The van der Waals surface area contributed by atoms with E-state index in [0.29, 0.717) is 17.4 Å². The summed E-state index contributed by atoms with van der Waals surface area (Å²) in [6.45, 7) is 2.22. The second-order valence-electron chi connectivity index (χ2n) is 8.80. The predicted molar refractivity (Wildman–Crippen MR) is 135 cm³/mol. The van der Waals surface area contributed by atoms with Gasteiger partial charge in [-0.15, -0.1) is 0 Å². The summed E-state index contributed by atoms with van der Waals surface area (Å²) >= 11 is 0. The van der Waals surface area contributed by atoms with Crippen molar-refractivity contribution < 1.29 is 14.1 Å². The highest BCUT2D eigenvalue weighted by Crippen LogP contribution is 2.54. The molecule has 1 saturated carbocycles. The Balaban J connectivity index is 1.71. The van der Waals surface area contributed by atoms with Crippen LogP contribution in [-0.4, -0.2) is 13.1 Å². The van der Waals surface area contributed by atoms with Gasteiger partial charge in [-0.3, -0.25) is 9.65 Å². The van der Waals surface area contributed by atoms with Crippen LogP contribution < -0.4 is 15.7 Å². The molecule has 4 rings (SSSR count). The number of methoxy groups -OCH3 is 1. The van der Waals surface area contributed by atoms with E-state index in [-0.39, 0.29) is 12.0 Å². The predicted octanol–water partition coefficient (Wildman–Crippen LogP) is 5.86. The molecule has 0 aromatic heterocycles. The molecule has 5 heteroatoms. The maximum Gasteiger partial charge on any atom is 0.337 e. The maximum atomic E-state index is 14.7. The van der Waals surface area contributed by atoms with Gasteiger partial charge in [-0.25, -0.2) is 4.79 Å². The highest BCUT2D eigenvalue weighted by molar-refractivity contribution is 7.76. The molecular formula is C28H32NO3P. The molecule has 1 aliphatic rings. The first-order valence-corrected chi connectivity index (χ1v) is 13.4. The molecule has 3 aromatic rings. The van der Waals surface area contributed by atoms with Crippen LogP contribution in [-0.2, 0) is 9.30 Å². The first-order valence-electron chi connectivity index (χ1n) is 11.7. The summed E-state index contributed by atoms with van der Waals surface area (Å²) < 4.78 is 19.5. The molecule has 0 spiro atoms. The van der Waals surface area contributed by atoms with Crippen LogP contribution in [0.1, 0.15) is 54.6 Å². The van der Waals surface area contributed by atoms with Gasteiger partial charge in [0.1, 0.15) is 0 Å². The lowest BCUT2D eigenvalue weighted by atomic mass is 9.99. The fraction of sp³-hybridized carbons (Fsp3) is 0.321. The average molecular weight is 462 g/mol. The van der Waals surface area contributed by atoms with Crippen molar-refractivity contribution in [3.63, 3.8) is 0 Å². The van der Waals surface area contributed by atoms with Crippen molar-refractivity contribution in [2.24, 2.45) is 11.8 Å². The summed E-state index contributed by atoms with van der Waals surface area (Å²) in [5.41, 5.74) is 1.58. The highest BCUT2D eigenvalue weighted by atomic mass is 31.2. The molecule has 0 saturated heterocycles. The molecule has 172 valence electrons. The lowest BCUT2D eigenvalue weighted by Crippen LogP contribution is -2.32. The van der Waals surface area contributed by atoms with Crippen LogP contribution in [0.3, 0.4) is 0 Å². The number of hydrogen-bond donors (Lipinski definition) is 1. The van der Waals surface area contributed by atoms with Crippen LogP contribution in [0.2, 0.25) is 0 Å². The van der Waals surface area contributed by atoms with Gasteiger partial charge >= 0.3 is 5.97 Å². The number of benzene rings is 3. The Morgan fingerprint density at radius 1 is 0.970 bits per heavy atom. The summed E-state index contributed by atoms with van der Waals surface area (Å²) in [6, 6.07) is 26.9. The van der Waals surface area contributed by atoms with Crippen molar-refractivity contribution in [1.29, 1.82) is 0 Å². The van der Waals surface area contributed by atoms with Gasteiger partial charge in [0, 0.05) is 16.7 Å². The summed E-state index contributed by atoms with van der Waals surface area (Å²) in [5.74, 6) is 0.696. The topological polar surface area (TPSA) is 55.4 Å². The van der Waals surface area contributed by atoms with E-state index in [1.165, 1.54) is 26.4 Å². The average Bonchev–Trinajstić information content (AvgIpc) is 3.66. The minimum absolute atomic E-state index is 0.0650. The van der Waals surface area contributed by atoms with Crippen LogP contribution in [0.15, 0.2) is 84.9 Å². The van der Waals surface area contributed by atoms with Gasteiger partial charge in [-0.2, -0.15) is 0 Å². The molecule has 0 bridgehead atoms. The number of carbonyl (C=O) groups excluding carboxylic acids is 1. The zero-order valence-electron chi connectivity index (χ0n) is 19.3. The number of rotatable bonds is 10. The van der Waals surface area contributed by atoms with Gasteiger partial charge in [-0.05, 0) is 60.2 Å². The quantitative estimate of drug-likeness (QED) is 0.304. The largest absolute Gasteiger partial charge is 0.465 e. The molecule has 1 aliphatic carbocycles. The van der Waals surface area contributed by atoms with Crippen molar-refractivity contribution in [1.82, 2.24) is 5.09 Å². The Hall–Kier alpha value is -2.68. The third-order valence-corrected chi connectivity index (χ3v) is 9.28. The number of carbonyl (C=O) groups is 1. The highest BCUT2D eigenvalue weighted by Gasteiger charge is 2.45. The monoisotopic (exact) mass is 461 g/mol. The molecule has 0 heterocycles. The van der Waals surface area contributed by atoms with Gasteiger partial charge in [0.25, 0.3) is 0 Å². The van der Waals surface area contributed by atoms with E-state index in [1.807, 2.05) is 72.8 Å². The van der Waals surface area contributed by atoms with Crippen LogP contribution in [0.5, 0.6) is 0 Å². The van der Waals surface area contributed by atoms with Crippen LogP contribution in [0, 0.1) is 11.8 Å². The van der Waals surface area contributed by atoms with E-state index < -0.39 is 7.29 Å². The Morgan fingerprint density at radius 3 is 2.06 bits per heavy atom. The van der Waals surface area contributed by atoms with Crippen molar-refractivity contribution >= 4 is 23.9 Å². The zero-order chi connectivity index (χ0) is 23.3. The van der Waals surface area contributed by atoms with Crippen LogP contribution >= 0.6 is 7.29 Å². The molecule has 1 fully saturated rings. The Kier molecular flexibility index (Phi) is 7.47. The zero-order valence-corrected chi connectivity index (χ0v) is 20.2. The smallest absolute Gasteiger partial charge is 0.337 e. The van der Waals surface area contributed by atoms with Crippen molar-refractivity contribution in [2.45, 2.75) is 38.6 Å². The van der Waals surface area contributed by atoms with Crippen molar-refractivity contribution in [3.05, 3.63) is 96.1 Å². The minimum Gasteiger partial charge on any atom is -0.465 e. The van der Waals surface area contributed by atoms with E-state index in [4.69, 9.17) is 4.74 Å². The molecule has 4 nitrogen and oxygen atoms in total. The standard InChI is InChI=1S/C28H32NO3P/c1-3-4-11-23-20-26(23)27(21-16-18-22(19-17-21)28(30)32-2)29-33(31,24-12-7-5-8-13-24)25-14-9-6-10-15-25/h5-10,12-19,23,26-27H,3-4,11,20H2,1-2H3,(H,29,31)/t23-,26-,27+/m1/s1. The molecular weight excluding hydrogens is 429 g/mol. The molecule has 0 unspecified atom stereocenters. The lowest BCUT2D eigenvalue weighted by molar-refractivity contribution is 0.0600. The van der Waals surface area contributed by atoms with Gasteiger partial charge < -0.3 is 4.74 Å². The van der Waals surface area contributed by atoms with Gasteiger partial charge in [0.05, 0.1) is 12.7 Å². The Labute approximate surface area is 196 Å². The van der Waals surface area contributed by atoms with E-state index in [0.717, 1.165) is 22.6 Å². The third kappa shape index (κ3) is 5.29. The molecule has 0 radical (unpaired) electrons. The number of ether oxygens (including phenoxy) is 1. The second kappa shape index (κ2) is 10.5. The van der Waals surface area contributed by atoms with Crippen LogP contribution in [0.25, 0.3) is 0 Å². The van der Waals surface area contributed by atoms with E-state index in [1.54, 1.807) is 12.1 Å². The molecule has 0 amide bonds. The molecule has 1 N–H and O–H groups in total. The molecule has 0 aliphatic heterocycles. The summed E-state index contributed by atoms with van der Waals surface area (Å²) in [6.07, 6.45) is 4.71. The summed E-state index contributed by atoms with van der Waals surface area (Å²) in [4.78, 5) is 11.9. The lowest BCUT2D eigenvalue weighted by Gasteiger charge is -2.28. The molecule has 3 aromatic carbocycles. The first-order chi connectivity index (χ1) is 16.1. The van der Waals surface area contributed by atoms with Crippen LogP contribution in [0.4, 0.5) is 0 Å². The van der Waals surface area contributed by atoms with Crippen molar-refractivity contribution in [3.8, 4) is 0 Å². The number of unbranched alkanes of at least 4 members (excludes halogenated alkanes) is 1. The van der Waals surface area contributed by atoms with Crippen molar-refractivity contribution in [2.75, 3.05) is 7.11 Å². The summed E-state index contributed by atoms with van der Waals surface area (Å²) in [5, 5.41) is 5.26. The van der Waals surface area contributed by atoms with E-state index in [2.05, 4.69) is 12.0 Å². The fourth-order valence-corrected chi connectivity index (χ4v) is 7.12.